The number of rotatable bonds is 0. The zero-order valence-corrected chi connectivity index (χ0v) is 11.4. The van der Waals surface area contributed by atoms with Gasteiger partial charge in [0.15, 0.2) is 34.5 Å². The van der Waals surface area contributed by atoms with Crippen LogP contribution in [0.5, 0.6) is 34.5 Å². The van der Waals surface area contributed by atoms with Crippen molar-refractivity contribution in [1.82, 2.24) is 0 Å². The second kappa shape index (κ2) is 3.36. The first-order valence-electron chi connectivity index (χ1n) is 7.13. The van der Waals surface area contributed by atoms with Crippen LogP contribution in [0, 0.1) is 0 Å². The molecule has 6 rings (SSSR count). The molecule has 0 spiro atoms. The van der Waals surface area contributed by atoms with Crippen LogP contribution >= 0.6 is 0 Å². The summed E-state index contributed by atoms with van der Waals surface area (Å²) in [6.45, 7) is 0. The quantitative estimate of drug-likeness (QED) is 0.370. The summed E-state index contributed by atoms with van der Waals surface area (Å²) in [4.78, 5) is 2.19. The van der Waals surface area contributed by atoms with Crippen LogP contribution in [0.25, 0.3) is 0 Å². The molecular formula is C18H9NO3. The second-order valence-electron chi connectivity index (χ2n) is 5.45. The van der Waals surface area contributed by atoms with E-state index in [2.05, 4.69) is 4.90 Å². The fourth-order valence-electron chi connectivity index (χ4n) is 3.35. The minimum absolute atomic E-state index is 0.796. The molecule has 0 atom stereocenters. The highest BCUT2D eigenvalue weighted by Crippen LogP contribution is 2.66. The molecule has 0 fully saturated rings. The summed E-state index contributed by atoms with van der Waals surface area (Å²) in [5.41, 5.74) is 2.81. The Labute approximate surface area is 126 Å². The van der Waals surface area contributed by atoms with E-state index in [1.807, 2.05) is 54.6 Å². The van der Waals surface area contributed by atoms with Gasteiger partial charge in [0, 0.05) is 0 Å². The van der Waals surface area contributed by atoms with Crippen LogP contribution < -0.4 is 19.1 Å². The Morgan fingerprint density at radius 2 is 0.727 bits per heavy atom. The van der Waals surface area contributed by atoms with E-state index in [9.17, 15) is 0 Å². The molecule has 3 aliphatic heterocycles. The molecule has 4 nitrogen and oxygen atoms in total. The van der Waals surface area contributed by atoms with Gasteiger partial charge in [-0.2, -0.15) is 0 Å². The number of nitrogens with zero attached hydrogens (tertiary/aromatic N) is 1. The van der Waals surface area contributed by atoms with E-state index in [4.69, 9.17) is 14.2 Å². The van der Waals surface area contributed by atoms with E-state index in [-0.39, 0.29) is 0 Å². The average Bonchev–Trinajstić information content (AvgIpc) is 2.55. The third kappa shape index (κ3) is 1.07. The van der Waals surface area contributed by atoms with Gasteiger partial charge < -0.3 is 14.2 Å². The van der Waals surface area contributed by atoms with Gasteiger partial charge in [0.05, 0.1) is 0 Å². The first kappa shape index (κ1) is 10.6. The van der Waals surface area contributed by atoms with Gasteiger partial charge in [-0.3, -0.25) is 4.90 Å². The van der Waals surface area contributed by atoms with Crippen LogP contribution in [-0.4, -0.2) is 0 Å². The minimum atomic E-state index is 0.796. The van der Waals surface area contributed by atoms with Gasteiger partial charge in [-0.25, -0.2) is 0 Å². The van der Waals surface area contributed by atoms with E-state index in [1.54, 1.807) is 0 Å². The SMILES string of the molecule is c1cc2c3c(c1)Oc1cccc4c1N3c1c(cccc1O4)O2. The van der Waals surface area contributed by atoms with Gasteiger partial charge in [-0.1, -0.05) is 18.2 Å². The standard InChI is InChI=1S/C18H9NO3/c1-4-10-16-11(5-1)21-13-7-3-9-15-18(13)19(16)17-12(20-10)6-2-8-14(17)22-15/h1-9H. The van der Waals surface area contributed by atoms with E-state index in [0.717, 1.165) is 51.6 Å². The average molecular weight is 287 g/mol. The van der Waals surface area contributed by atoms with E-state index in [1.165, 1.54) is 0 Å². The summed E-state index contributed by atoms with van der Waals surface area (Å²) in [5.74, 6) is 4.78. The lowest BCUT2D eigenvalue weighted by atomic mass is 10.0. The number of para-hydroxylation sites is 3. The summed E-state index contributed by atoms with van der Waals surface area (Å²) in [6, 6.07) is 17.6. The maximum Gasteiger partial charge on any atom is 0.155 e. The lowest BCUT2D eigenvalue weighted by Crippen LogP contribution is -2.23. The van der Waals surface area contributed by atoms with E-state index >= 15 is 0 Å². The topological polar surface area (TPSA) is 30.9 Å². The van der Waals surface area contributed by atoms with Crippen molar-refractivity contribution in [3.8, 4) is 34.5 Å². The predicted molar refractivity (Wildman–Crippen MR) is 81.3 cm³/mol. The molecule has 0 aromatic heterocycles. The molecule has 3 aromatic carbocycles. The van der Waals surface area contributed by atoms with Crippen LogP contribution in [0.3, 0.4) is 0 Å². The number of hydrogen-bond donors (Lipinski definition) is 0. The first-order valence-corrected chi connectivity index (χ1v) is 7.13. The third-order valence-corrected chi connectivity index (χ3v) is 4.22. The van der Waals surface area contributed by atoms with Crippen LogP contribution in [0.2, 0.25) is 0 Å². The molecule has 0 aliphatic carbocycles. The van der Waals surface area contributed by atoms with Crippen molar-refractivity contribution in [2.24, 2.45) is 0 Å². The van der Waals surface area contributed by atoms with Crippen molar-refractivity contribution in [3.05, 3.63) is 54.6 Å². The summed E-state index contributed by atoms with van der Waals surface area (Å²) >= 11 is 0. The number of ether oxygens (including phenoxy) is 3. The molecule has 0 saturated carbocycles. The van der Waals surface area contributed by atoms with Gasteiger partial charge in [0.25, 0.3) is 0 Å². The highest BCUT2D eigenvalue weighted by molar-refractivity contribution is 5.99. The minimum Gasteiger partial charge on any atom is -0.453 e. The van der Waals surface area contributed by atoms with Gasteiger partial charge >= 0.3 is 0 Å². The highest BCUT2D eigenvalue weighted by atomic mass is 16.5. The lowest BCUT2D eigenvalue weighted by molar-refractivity contribution is 0.418. The molecule has 22 heavy (non-hydrogen) atoms. The van der Waals surface area contributed by atoms with Crippen LogP contribution in [0.4, 0.5) is 17.1 Å². The van der Waals surface area contributed by atoms with Crippen LogP contribution in [0.1, 0.15) is 0 Å². The lowest BCUT2D eigenvalue weighted by Gasteiger charge is -2.41. The zero-order chi connectivity index (χ0) is 14.3. The molecule has 4 heteroatoms. The van der Waals surface area contributed by atoms with Gasteiger partial charge in [0.1, 0.15) is 17.1 Å². The largest absolute Gasteiger partial charge is 0.453 e. The molecule has 0 bridgehead atoms. The smallest absolute Gasteiger partial charge is 0.155 e. The van der Waals surface area contributed by atoms with E-state index in [0.29, 0.717) is 0 Å². The van der Waals surface area contributed by atoms with Crippen LogP contribution in [-0.2, 0) is 0 Å². The maximum absolute atomic E-state index is 6.05. The molecule has 0 N–H and O–H groups in total. The molecule has 0 radical (unpaired) electrons. The Kier molecular flexibility index (Phi) is 1.61. The molecule has 3 aromatic rings. The Hall–Kier alpha value is -3.14. The summed E-state index contributed by atoms with van der Waals surface area (Å²) < 4.78 is 18.1. The van der Waals surface area contributed by atoms with Crippen molar-refractivity contribution >= 4 is 17.1 Å². The molecule has 3 aliphatic rings. The van der Waals surface area contributed by atoms with Crippen molar-refractivity contribution < 1.29 is 14.2 Å². The van der Waals surface area contributed by atoms with Crippen LogP contribution in [0.15, 0.2) is 54.6 Å². The summed E-state index contributed by atoms with van der Waals surface area (Å²) in [6.07, 6.45) is 0. The molecule has 104 valence electrons. The van der Waals surface area contributed by atoms with Crippen molar-refractivity contribution in [2.75, 3.05) is 4.90 Å². The molecule has 0 unspecified atom stereocenters. The Bertz CT molecular complexity index is 792. The number of anilines is 3. The molecular weight excluding hydrogens is 278 g/mol. The monoisotopic (exact) mass is 287 g/mol. The van der Waals surface area contributed by atoms with Gasteiger partial charge in [-0.05, 0) is 36.4 Å². The fourth-order valence-corrected chi connectivity index (χ4v) is 3.35. The fraction of sp³-hybridized carbons (Fsp3) is 0. The zero-order valence-electron chi connectivity index (χ0n) is 11.4. The van der Waals surface area contributed by atoms with E-state index < -0.39 is 0 Å². The Morgan fingerprint density at radius 3 is 1.00 bits per heavy atom. The molecule has 3 heterocycles. The van der Waals surface area contributed by atoms with Gasteiger partial charge in [-0.15, -0.1) is 0 Å². The Morgan fingerprint density at radius 1 is 0.455 bits per heavy atom. The normalized spacial score (nSPS) is 14.5. The van der Waals surface area contributed by atoms with Crippen molar-refractivity contribution in [3.63, 3.8) is 0 Å². The number of benzene rings is 3. The van der Waals surface area contributed by atoms with Crippen molar-refractivity contribution in [2.45, 2.75) is 0 Å². The predicted octanol–water partition coefficient (Wildman–Crippen LogP) is 5.47. The molecule has 0 amide bonds. The highest BCUT2D eigenvalue weighted by Gasteiger charge is 2.40. The first-order chi connectivity index (χ1) is 10.9. The third-order valence-electron chi connectivity index (χ3n) is 4.22. The van der Waals surface area contributed by atoms with Gasteiger partial charge in [0.2, 0.25) is 0 Å². The Balaban J connectivity index is 1.80. The number of hydrogen-bond acceptors (Lipinski definition) is 4. The summed E-state index contributed by atoms with van der Waals surface area (Å²) in [7, 11) is 0. The summed E-state index contributed by atoms with van der Waals surface area (Å²) in [5, 5.41) is 0. The van der Waals surface area contributed by atoms with Crippen molar-refractivity contribution in [1.29, 1.82) is 0 Å². The second-order valence-corrected chi connectivity index (χ2v) is 5.45. The molecule has 0 saturated heterocycles. The maximum atomic E-state index is 6.05.